The molecule has 126 valence electrons. The van der Waals surface area contributed by atoms with E-state index in [2.05, 4.69) is 5.32 Å². The van der Waals surface area contributed by atoms with Crippen LogP contribution in [0.5, 0.6) is 0 Å². The van der Waals surface area contributed by atoms with Crippen molar-refractivity contribution in [3.63, 3.8) is 0 Å². The van der Waals surface area contributed by atoms with Crippen LogP contribution >= 0.6 is 0 Å². The molecule has 0 spiro atoms. The number of carboxylic acid groups (broad SMARTS) is 1. The van der Waals surface area contributed by atoms with Gasteiger partial charge in [0.2, 0.25) is 10.0 Å². The van der Waals surface area contributed by atoms with E-state index >= 15 is 0 Å². The zero-order valence-corrected chi connectivity index (χ0v) is 13.2. The van der Waals surface area contributed by atoms with Crippen LogP contribution in [-0.4, -0.2) is 37.7 Å². The summed E-state index contributed by atoms with van der Waals surface area (Å²) in [5.74, 6) is -2.66. The van der Waals surface area contributed by atoms with E-state index in [1.807, 2.05) is 4.72 Å². The van der Waals surface area contributed by atoms with Crippen molar-refractivity contribution in [1.29, 1.82) is 0 Å². The fourth-order valence-corrected chi connectivity index (χ4v) is 3.11. The van der Waals surface area contributed by atoms with Gasteiger partial charge in [0, 0.05) is 11.6 Å². The number of aliphatic carboxylic acids is 1. The monoisotopic (exact) mass is 344 g/mol. The van der Waals surface area contributed by atoms with Crippen molar-refractivity contribution in [2.45, 2.75) is 25.3 Å². The molecule has 0 aromatic heterocycles. The van der Waals surface area contributed by atoms with E-state index in [1.54, 1.807) is 0 Å². The zero-order valence-electron chi connectivity index (χ0n) is 12.4. The smallest absolute Gasteiger partial charge is 0.306 e. The number of carbonyl (C=O) groups excluding carboxylic acids is 1. The Labute approximate surface area is 132 Å². The Balaban J connectivity index is 2.08. The number of nitrogens with one attached hydrogen (secondary N) is 2. The molecule has 1 aliphatic rings. The van der Waals surface area contributed by atoms with Crippen LogP contribution in [0.15, 0.2) is 18.2 Å². The van der Waals surface area contributed by atoms with Crippen LogP contribution in [0.4, 0.5) is 10.1 Å². The molecule has 9 heteroatoms. The third-order valence-electron chi connectivity index (χ3n) is 3.64. The van der Waals surface area contributed by atoms with Crippen LogP contribution in [0.2, 0.25) is 0 Å². The highest BCUT2D eigenvalue weighted by molar-refractivity contribution is 7.92. The summed E-state index contributed by atoms with van der Waals surface area (Å²) in [7, 11) is -3.67. The van der Waals surface area contributed by atoms with Crippen LogP contribution in [0.1, 0.15) is 29.6 Å². The van der Waals surface area contributed by atoms with Gasteiger partial charge >= 0.3 is 5.97 Å². The Morgan fingerprint density at radius 3 is 2.57 bits per heavy atom. The zero-order chi connectivity index (χ0) is 17.2. The van der Waals surface area contributed by atoms with Gasteiger partial charge in [0.25, 0.3) is 5.91 Å². The molecule has 0 saturated heterocycles. The average molecular weight is 344 g/mol. The highest BCUT2D eigenvalue weighted by Gasteiger charge is 2.30. The summed E-state index contributed by atoms with van der Waals surface area (Å²) in [5.41, 5.74) is -0.216. The molecule has 0 bridgehead atoms. The van der Waals surface area contributed by atoms with E-state index in [-0.39, 0.29) is 17.3 Å². The average Bonchev–Trinajstić information content (AvgIpc) is 2.88. The number of hydrogen-bond donors (Lipinski definition) is 3. The van der Waals surface area contributed by atoms with Crippen LogP contribution in [0.3, 0.4) is 0 Å². The number of anilines is 1. The van der Waals surface area contributed by atoms with Gasteiger partial charge in [-0.1, -0.05) is 0 Å². The second-order valence-corrected chi connectivity index (χ2v) is 7.34. The normalized spacial score (nSPS) is 21.0. The van der Waals surface area contributed by atoms with Crippen molar-refractivity contribution >= 4 is 27.6 Å². The predicted molar refractivity (Wildman–Crippen MR) is 81.1 cm³/mol. The number of amides is 1. The first-order valence-electron chi connectivity index (χ1n) is 6.96. The molecular formula is C14H17FN2O5S. The maximum Gasteiger partial charge on any atom is 0.306 e. The lowest BCUT2D eigenvalue weighted by atomic mass is 10.1. The second kappa shape index (κ2) is 6.53. The predicted octanol–water partition coefficient (Wildman–Crippen LogP) is 1.18. The molecule has 23 heavy (non-hydrogen) atoms. The maximum atomic E-state index is 13.6. The van der Waals surface area contributed by atoms with E-state index in [1.165, 1.54) is 6.07 Å². The lowest BCUT2D eigenvalue weighted by Crippen LogP contribution is -2.33. The van der Waals surface area contributed by atoms with Gasteiger partial charge in [0.15, 0.2) is 0 Å². The van der Waals surface area contributed by atoms with Gasteiger partial charge in [-0.15, -0.1) is 0 Å². The lowest BCUT2D eigenvalue weighted by molar-refractivity contribution is -0.141. The molecule has 1 fully saturated rings. The van der Waals surface area contributed by atoms with Gasteiger partial charge in [-0.25, -0.2) is 12.8 Å². The van der Waals surface area contributed by atoms with Crippen LogP contribution in [0, 0.1) is 11.7 Å². The molecule has 3 N–H and O–H groups in total. The molecule has 1 aromatic rings. The van der Waals surface area contributed by atoms with Gasteiger partial charge in [0.05, 0.1) is 17.9 Å². The van der Waals surface area contributed by atoms with Gasteiger partial charge in [0.1, 0.15) is 5.82 Å². The number of rotatable bonds is 5. The first kappa shape index (κ1) is 17.2. The highest BCUT2D eigenvalue weighted by atomic mass is 32.2. The highest BCUT2D eigenvalue weighted by Crippen LogP contribution is 2.26. The summed E-state index contributed by atoms with van der Waals surface area (Å²) in [5, 5.41) is 11.6. The SMILES string of the molecule is CS(=O)(=O)Nc1cc(C(=O)N[C@@H]2CC[C@H](C(=O)O)C2)ccc1F. The third-order valence-corrected chi connectivity index (χ3v) is 4.23. The van der Waals surface area contributed by atoms with E-state index in [0.717, 1.165) is 18.4 Å². The van der Waals surface area contributed by atoms with Crippen molar-refractivity contribution < 1.29 is 27.5 Å². The molecule has 1 aromatic carbocycles. The molecule has 1 saturated carbocycles. The summed E-state index contributed by atoms with van der Waals surface area (Å²) in [4.78, 5) is 23.0. The Bertz CT molecular complexity index is 735. The number of carboxylic acids is 1. The molecule has 1 amide bonds. The van der Waals surface area contributed by atoms with Crippen molar-refractivity contribution in [3.05, 3.63) is 29.6 Å². The Kier molecular flexibility index (Phi) is 4.88. The van der Waals surface area contributed by atoms with Crippen LogP contribution < -0.4 is 10.0 Å². The number of sulfonamides is 1. The second-order valence-electron chi connectivity index (χ2n) is 5.59. The fourth-order valence-electron chi connectivity index (χ4n) is 2.55. The van der Waals surface area contributed by atoms with Crippen molar-refractivity contribution in [2.75, 3.05) is 11.0 Å². The largest absolute Gasteiger partial charge is 0.481 e. The molecule has 0 unspecified atom stereocenters. The Morgan fingerprint density at radius 1 is 1.30 bits per heavy atom. The summed E-state index contributed by atoms with van der Waals surface area (Å²) in [6, 6.07) is 3.08. The Morgan fingerprint density at radius 2 is 2.00 bits per heavy atom. The number of halogens is 1. The molecule has 0 aliphatic heterocycles. The van der Waals surface area contributed by atoms with E-state index < -0.39 is 33.6 Å². The van der Waals surface area contributed by atoms with E-state index in [9.17, 15) is 22.4 Å². The summed E-state index contributed by atoms with van der Waals surface area (Å²) in [6.07, 6.45) is 2.27. The molecule has 2 rings (SSSR count). The minimum Gasteiger partial charge on any atom is -0.481 e. The maximum absolute atomic E-state index is 13.6. The van der Waals surface area contributed by atoms with E-state index in [4.69, 9.17) is 5.11 Å². The summed E-state index contributed by atoms with van der Waals surface area (Å²) < 4.78 is 37.9. The fraction of sp³-hybridized carbons (Fsp3) is 0.429. The van der Waals surface area contributed by atoms with Gasteiger partial charge in [-0.2, -0.15) is 0 Å². The van der Waals surface area contributed by atoms with Crippen LogP contribution in [-0.2, 0) is 14.8 Å². The van der Waals surface area contributed by atoms with Gasteiger partial charge in [-0.05, 0) is 37.5 Å². The third kappa shape index (κ3) is 4.65. The lowest BCUT2D eigenvalue weighted by Gasteiger charge is -2.13. The standard InChI is InChI=1S/C14H17FN2O5S/c1-23(21,22)17-12-7-8(3-5-11(12)15)13(18)16-10-4-2-9(6-10)14(19)20/h3,5,7,9-10,17H,2,4,6H2,1H3,(H,16,18)(H,19,20)/t9-,10+/m0/s1. The summed E-state index contributed by atoms with van der Waals surface area (Å²) in [6.45, 7) is 0. The number of hydrogen-bond acceptors (Lipinski definition) is 4. The number of benzene rings is 1. The van der Waals surface area contributed by atoms with Gasteiger partial charge in [-0.3, -0.25) is 14.3 Å². The topological polar surface area (TPSA) is 113 Å². The summed E-state index contributed by atoms with van der Waals surface area (Å²) >= 11 is 0. The molecule has 7 nitrogen and oxygen atoms in total. The molecule has 1 aliphatic carbocycles. The minimum atomic E-state index is -3.67. The van der Waals surface area contributed by atoms with Gasteiger partial charge < -0.3 is 10.4 Å². The Hall–Kier alpha value is -2.16. The van der Waals surface area contributed by atoms with Crippen molar-refractivity contribution in [3.8, 4) is 0 Å². The molecule has 0 heterocycles. The van der Waals surface area contributed by atoms with Crippen LogP contribution in [0.25, 0.3) is 0 Å². The molecular weight excluding hydrogens is 327 g/mol. The molecule has 2 atom stereocenters. The first-order chi connectivity index (χ1) is 10.7. The quantitative estimate of drug-likeness (QED) is 0.742. The van der Waals surface area contributed by atoms with E-state index in [0.29, 0.717) is 19.3 Å². The van der Waals surface area contributed by atoms with Crippen molar-refractivity contribution in [2.24, 2.45) is 5.92 Å². The number of carbonyl (C=O) groups is 2. The minimum absolute atomic E-state index is 0.0938. The van der Waals surface area contributed by atoms with Crippen molar-refractivity contribution in [1.82, 2.24) is 5.32 Å². The first-order valence-corrected chi connectivity index (χ1v) is 8.86. The molecule has 0 radical (unpaired) electrons.